The Labute approximate surface area is 162 Å². The lowest BCUT2D eigenvalue weighted by molar-refractivity contribution is -0.120. The van der Waals surface area contributed by atoms with Gasteiger partial charge in [0.05, 0.1) is 24.4 Å². The third-order valence-electron chi connectivity index (χ3n) is 5.49. The van der Waals surface area contributed by atoms with E-state index in [0.717, 1.165) is 16.5 Å². The second-order valence-electron chi connectivity index (χ2n) is 7.52. The van der Waals surface area contributed by atoms with E-state index in [-0.39, 0.29) is 29.7 Å². The summed E-state index contributed by atoms with van der Waals surface area (Å²) >= 11 is 0. The van der Waals surface area contributed by atoms with Crippen LogP contribution in [0.5, 0.6) is 0 Å². The Morgan fingerprint density at radius 2 is 2.21 bits per heavy atom. The van der Waals surface area contributed by atoms with Gasteiger partial charge in [-0.25, -0.2) is 4.98 Å². The molecule has 144 valence electrons. The summed E-state index contributed by atoms with van der Waals surface area (Å²) in [5.74, 6) is -0.0535. The van der Waals surface area contributed by atoms with E-state index < -0.39 is 0 Å². The lowest BCUT2D eigenvalue weighted by atomic mass is 10.1. The van der Waals surface area contributed by atoms with E-state index in [2.05, 4.69) is 16.4 Å². The van der Waals surface area contributed by atoms with E-state index in [9.17, 15) is 9.59 Å². The number of rotatable bonds is 3. The molecule has 1 aromatic carbocycles. The standard InChI is InChI=1S/C20H22N6O2/c1-11-8-23-10-19(27)26(11)14-3-12-5-18(24-9-16(12)17(22)6-14)25(2)20(28)15-4-13(15)7-21/h3,5-6,9,11,13,15,23H,4,8,10,22H2,1-2H3/t11?,13?,15-/m0/s1. The maximum Gasteiger partial charge on any atom is 0.241 e. The zero-order chi connectivity index (χ0) is 20.0. The normalized spacial score (nSPS) is 24.1. The molecule has 2 aliphatic rings. The monoisotopic (exact) mass is 378 g/mol. The van der Waals surface area contributed by atoms with Crippen LogP contribution in [0.15, 0.2) is 24.4 Å². The molecule has 1 saturated carbocycles. The second kappa shape index (κ2) is 6.77. The van der Waals surface area contributed by atoms with Gasteiger partial charge in [-0.05, 0) is 36.9 Å². The number of benzene rings is 1. The number of fused-ring (bicyclic) bond motifs is 1. The van der Waals surface area contributed by atoms with Crippen molar-refractivity contribution in [1.82, 2.24) is 10.3 Å². The first kappa shape index (κ1) is 18.2. The van der Waals surface area contributed by atoms with Gasteiger partial charge in [0.25, 0.3) is 0 Å². The number of nitrogens with one attached hydrogen (secondary N) is 1. The Balaban J connectivity index is 1.69. The van der Waals surface area contributed by atoms with E-state index in [1.54, 1.807) is 30.3 Å². The van der Waals surface area contributed by atoms with Crippen molar-refractivity contribution in [2.75, 3.05) is 35.7 Å². The fourth-order valence-electron chi connectivity index (χ4n) is 3.76. The smallest absolute Gasteiger partial charge is 0.241 e. The molecule has 1 aromatic heterocycles. The second-order valence-corrected chi connectivity index (χ2v) is 7.52. The number of nitrogen functional groups attached to an aromatic ring is 1. The first-order chi connectivity index (χ1) is 13.4. The summed E-state index contributed by atoms with van der Waals surface area (Å²) in [6.07, 6.45) is 2.25. The van der Waals surface area contributed by atoms with Crippen LogP contribution in [0.25, 0.3) is 10.8 Å². The Kier molecular flexibility index (Phi) is 4.40. The van der Waals surface area contributed by atoms with Crippen molar-refractivity contribution in [3.63, 3.8) is 0 Å². The SMILES string of the molecule is CC1CNCC(=O)N1c1cc(N)c2cnc(N(C)C(=O)[C@H]3CC3C#N)cc2c1. The quantitative estimate of drug-likeness (QED) is 0.777. The molecule has 1 aliphatic carbocycles. The predicted octanol–water partition coefficient (Wildman–Crippen LogP) is 1.26. The fraction of sp³-hybridized carbons (Fsp3) is 0.400. The third-order valence-corrected chi connectivity index (χ3v) is 5.49. The van der Waals surface area contributed by atoms with Crippen LogP contribution in [-0.4, -0.2) is 43.0 Å². The highest BCUT2D eigenvalue weighted by molar-refractivity contribution is 6.03. The van der Waals surface area contributed by atoms with Crippen molar-refractivity contribution in [2.24, 2.45) is 11.8 Å². The van der Waals surface area contributed by atoms with Crippen molar-refractivity contribution in [2.45, 2.75) is 19.4 Å². The molecular weight excluding hydrogens is 356 g/mol. The molecule has 8 heteroatoms. The summed E-state index contributed by atoms with van der Waals surface area (Å²) in [5, 5.41) is 13.6. The van der Waals surface area contributed by atoms with Crippen molar-refractivity contribution in [3.8, 4) is 6.07 Å². The summed E-state index contributed by atoms with van der Waals surface area (Å²) in [4.78, 5) is 32.5. The average Bonchev–Trinajstić information content (AvgIpc) is 3.46. The van der Waals surface area contributed by atoms with Gasteiger partial charge in [-0.1, -0.05) is 0 Å². The summed E-state index contributed by atoms with van der Waals surface area (Å²) in [6.45, 7) is 2.99. The highest BCUT2D eigenvalue weighted by atomic mass is 16.2. The Morgan fingerprint density at radius 3 is 2.89 bits per heavy atom. The summed E-state index contributed by atoms with van der Waals surface area (Å²) in [5.41, 5.74) is 7.50. The number of piperazine rings is 1. The first-order valence-corrected chi connectivity index (χ1v) is 9.30. The van der Waals surface area contributed by atoms with E-state index >= 15 is 0 Å². The number of carbonyl (C=O) groups is 2. The minimum Gasteiger partial charge on any atom is -0.398 e. The van der Waals surface area contributed by atoms with Gasteiger partial charge in [-0.3, -0.25) is 14.5 Å². The number of nitriles is 1. The molecule has 2 fully saturated rings. The zero-order valence-corrected chi connectivity index (χ0v) is 15.8. The molecule has 2 amide bonds. The van der Waals surface area contributed by atoms with Gasteiger partial charge in [-0.15, -0.1) is 0 Å². The van der Waals surface area contributed by atoms with Crippen LogP contribution < -0.4 is 20.9 Å². The van der Waals surface area contributed by atoms with Crippen LogP contribution in [0.1, 0.15) is 13.3 Å². The summed E-state index contributed by atoms with van der Waals surface area (Å²) in [7, 11) is 1.67. The maximum absolute atomic E-state index is 12.5. The molecule has 8 nitrogen and oxygen atoms in total. The van der Waals surface area contributed by atoms with Gasteiger partial charge in [0.2, 0.25) is 11.8 Å². The first-order valence-electron chi connectivity index (χ1n) is 9.30. The molecule has 4 rings (SSSR count). The van der Waals surface area contributed by atoms with Gasteiger partial charge >= 0.3 is 0 Å². The van der Waals surface area contributed by atoms with E-state index in [1.165, 1.54) is 4.90 Å². The molecular formula is C20H22N6O2. The summed E-state index contributed by atoms with van der Waals surface area (Å²) < 4.78 is 0. The lowest BCUT2D eigenvalue weighted by Crippen LogP contribution is -2.53. The largest absolute Gasteiger partial charge is 0.398 e. The van der Waals surface area contributed by atoms with Crippen molar-refractivity contribution < 1.29 is 9.59 Å². The molecule has 1 aliphatic heterocycles. The average molecular weight is 378 g/mol. The number of hydrogen-bond acceptors (Lipinski definition) is 6. The molecule has 0 spiro atoms. The van der Waals surface area contributed by atoms with Gasteiger partial charge in [0, 0.05) is 42.6 Å². The highest BCUT2D eigenvalue weighted by Gasteiger charge is 2.45. The van der Waals surface area contributed by atoms with Crippen LogP contribution in [0, 0.1) is 23.2 Å². The summed E-state index contributed by atoms with van der Waals surface area (Å²) in [6, 6.07) is 7.65. The molecule has 28 heavy (non-hydrogen) atoms. The van der Waals surface area contributed by atoms with Crippen LogP contribution in [-0.2, 0) is 9.59 Å². The van der Waals surface area contributed by atoms with Crippen molar-refractivity contribution in [3.05, 3.63) is 24.4 Å². The van der Waals surface area contributed by atoms with Crippen molar-refractivity contribution >= 4 is 39.8 Å². The minimum atomic E-state index is -0.247. The molecule has 2 heterocycles. The zero-order valence-electron chi connectivity index (χ0n) is 15.8. The number of carbonyl (C=O) groups excluding carboxylic acids is 2. The molecule has 0 radical (unpaired) electrons. The number of anilines is 3. The molecule has 0 bridgehead atoms. The molecule has 2 unspecified atom stereocenters. The van der Waals surface area contributed by atoms with Crippen LogP contribution in [0.2, 0.25) is 0 Å². The van der Waals surface area contributed by atoms with E-state index in [1.807, 2.05) is 13.0 Å². The maximum atomic E-state index is 12.5. The minimum absolute atomic E-state index is 0.00430. The molecule has 3 N–H and O–H groups in total. The number of hydrogen-bond donors (Lipinski definition) is 2. The predicted molar refractivity (Wildman–Crippen MR) is 107 cm³/mol. The lowest BCUT2D eigenvalue weighted by Gasteiger charge is -2.34. The Morgan fingerprint density at radius 1 is 1.43 bits per heavy atom. The molecule has 2 aromatic rings. The number of aromatic nitrogens is 1. The van der Waals surface area contributed by atoms with Gasteiger partial charge in [0.15, 0.2) is 0 Å². The Bertz CT molecular complexity index is 1010. The molecule has 1 saturated heterocycles. The number of nitrogens with zero attached hydrogens (tertiary/aromatic N) is 4. The van der Waals surface area contributed by atoms with Crippen molar-refractivity contribution in [1.29, 1.82) is 5.26 Å². The van der Waals surface area contributed by atoms with Crippen LogP contribution >= 0.6 is 0 Å². The number of pyridine rings is 1. The van der Waals surface area contributed by atoms with Gasteiger partial charge < -0.3 is 16.0 Å². The Hall–Kier alpha value is -3.18. The fourth-order valence-corrected chi connectivity index (χ4v) is 3.76. The topological polar surface area (TPSA) is 115 Å². The highest BCUT2D eigenvalue weighted by Crippen LogP contribution is 2.40. The van der Waals surface area contributed by atoms with Gasteiger partial charge in [0.1, 0.15) is 5.82 Å². The third kappa shape index (κ3) is 3.04. The van der Waals surface area contributed by atoms with Gasteiger partial charge in [-0.2, -0.15) is 5.26 Å². The number of nitrogens with two attached hydrogens (primary N) is 1. The van der Waals surface area contributed by atoms with Crippen LogP contribution in [0.3, 0.4) is 0 Å². The number of amides is 2. The van der Waals surface area contributed by atoms with Crippen LogP contribution in [0.4, 0.5) is 17.2 Å². The molecule has 3 atom stereocenters. The van der Waals surface area contributed by atoms with E-state index in [0.29, 0.717) is 31.0 Å². The van der Waals surface area contributed by atoms with E-state index in [4.69, 9.17) is 11.0 Å².